The molecule has 25 heavy (non-hydrogen) atoms. The number of aromatic nitrogens is 2. The summed E-state index contributed by atoms with van der Waals surface area (Å²) in [6.07, 6.45) is 1.88. The molecule has 2 aromatic carbocycles. The molecule has 4 nitrogen and oxygen atoms in total. The van der Waals surface area contributed by atoms with E-state index in [4.69, 9.17) is 16.3 Å². The second kappa shape index (κ2) is 8.52. The molecular formula is C19H19BrClN3O. The van der Waals surface area contributed by atoms with Crippen molar-refractivity contribution in [1.82, 2.24) is 9.55 Å². The number of imidazole rings is 1. The number of hydrogen-bond acceptors (Lipinski definition) is 3. The normalized spacial score (nSPS) is 10.8. The van der Waals surface area contributed by atoms with E-state index in [-0.39, 0.29) is 0 Å². The minimum absolute atomic E-state index is 0.615. The standard InChI is InChI=1S/C19H19BrClN3O/c1-25-11-10-24-18(15-4-8-17(21)9-5-15)13-23-19(24)22-12-14-2-6-16(20)7-3-14/h2-9,13H,10-12H2,1H3,(H,22,23). The maximum atomic E-state index is 6.00. The fraction of sp³-hybridized carbons (Fsp3) is 0.211. The molecule has 0 saturated carbocycles. The predicted molar refractivity (Wildman–Crippen MR) is 106 cm³/mol. The minimum Gasteiger partial charge on any atom is -0.383 e. The third-order valence-corrected chi connectivity index (χ3v) is 4.66. The monoisotopic (exact) mass is 419 g/mol. The van der Waals surface area contributed by atoms with E-state index in [1.54, 1.807) is 7.11 Å². The van der Waals surface area contributed by atoms with Gasteiger partial charge in [-0.2, -0.15) is 0 Å². The van der Waals surface area contributed by atoms with Crippen LogP contribution < -0.4 is 5.32 Å². The number of nitrogens with zero attached hydrogens (tertiary/aromatic N) is 2. The third-order valence-electron chi connectivity index (χ3n) is 3.88. The number of halogens is 2. The summed E-state index contributed by atoms with van der Waals surface area (Å²) in [6, 6.07) is 16.0. The van der Waals surface area contributed by atoms with Crippen molar-refractivity contribution in [1.29, 1.82) is 0 Å². The molecule has 130 valence electrons. The molecule has 3 aromatic rings. The highest BCUT2D eigenvalue weighted by Crippen LogP contribution is 2.25. The minimum atomic E-state index is 0.615. The van der Waals surface area contributed by atoms with Crippen LogP contribution in [-0.2, 0) is 17.8 Å². The Kier molecular flexibility index (Phi) is 6.13. The second-order valence-electron chi connectivity index (χ2n) is 5.60. The Morgan fingerprint density at radius 1 is 1.12 bits per heavy atom. The van der Waals surface area contributed by atoms with Crippen LogP contribution in [0.15, 0.2) is 59.2 Å². The van der Waals surface area contributed by atoms with Crippen molar-refractivity contribution in [3.63, 3.8) is 0 Å². The van der Waals surface area contributed by atoms with Gasteiger partial charge in [-0.1, -0.05) is 51.8 Å². The number of methoxy groups -OCH3 is 1. The predicted octanol–water partition coefficient (Wildman–Crippen LogP) is 5.22. The summed E-state index contributed by atoms with van der Waals surface area (Å²) in [5.41, 5.74) is 3.30. The lowest BCUT2D eigenvalue weighted by Crippen LogP contribution is -2.11. The number of ether oxygens (including phenoxy) is 1. The van der Waals surface area contributed by atoms with Crippen LogP contribution in [0.25, 0.3) is 11.3 Å². The summed E-state index contributed by atoms with van der Waals surface area (Å²) in [6.45, 7) is 2.04. The average Bonchev–Trinajstić information content (AvgIpc) is 3.03. The van der Waals surface area contributed by atoms with Gasteiger partial charge >= 0.3 is 0 Å². The Hall–Kier alpha value is -1.82. The van der Waals surface area contributed by atoms with E-state index in [1.807, 2.05) is 42.6 Å². The molecule has 0 atom stereocenters. The Bertz CT molecular complexity index is 816. The molecule has 3 rings (SSSR count). The summed E-state index contributed by atoms with van der Waals surface area (Å²) in [5, 5.41) is 4.14. The first kappa shape index (κ1) is 18.0. The van der Waals surface area contributed by atoms with Crippen LogP contribution in [0.1, 0.15) is 5.56 Å². The van der Waals surface area contributed by atoms with Crippen LogP contribution in [0.5, 0.6) is 0 Å². The first-order valence-electron chi connectivity index (χ1n) is 7.96. The lowest BCUT2D eigenvalue weighted by Gasteiger charge is -2.13. The zero-order chi connectivity index (χ0) is 17.6. The highest BCUT2D eigenvalue weighted by Gasteiger charge is 2.11. The van der Waals surface area contributed by atoms with E-state index in [0.717, 1.165) is 33.2 Å². The number of nitrogens with one attached hydrogen (secondary N) is 1. The van der Waals surface area contributed by atoms with Gasteiger partial charge < -0.3 is 14.6 Å². The van der Waals surface area contributed by atoms with Gasteiger partial charge in [0.1, 0.15) is 0 Å². The van der Waals surface area contributed by atoms with E-state index in [2.05, 4.69) is 42.9 Å². The smallest absolute Gasteiger partial charge is 0.203 e. The van der Waals surface area contributed by atoms with Crippen LogP contribution >= 0.6 is 27.5 Å². The molecule has 0 radical (unpaired) electrons. The zero-order valence-electron chi connectivity index (χ0n) is 13.9. The van der Waals surface area contributed by atoms with Crippen molar-refractivity contribution in [2.24, 2.45) is 0 Å². The maximum Gasteiger partial charge on any atom is 0.203 e. The van der Waals surface area contributed by atoms with Crippen LogP contribution in [-0.4, -0.2) is 23.3 Å². The first-order chi connectivity index (χ1) is 12.2. The van der Waals surface area contributed by atoms with Gasteiger partial charge in [0.25, 0.3) is 0 Å². The Balaban J connectivity index is 1.82. The topological polar surface area (TPSA) is 39.1 Å². The summed E-state index contributed by atoms with van der Waals surface area (Å²) in [4.78, 5) is 4.55. The molecule has 0 bridgehead atoms. The molecule has 0 aliphatic carbocycles. The molecular weight excluding hydrogens is 402 g/mol. The number of rotatable bonds is 7. The Morgan fingerprint density at radius 3 is 2.52 bits per heavy atom. The van der Waals surface area contributed by atoms with Gasteiger partial charge in [0.15, 0.2) is 0 Å². The molecule has 1 N–H and O–H groups in total. The third kappa shape index (κ3) is 4.63. The van der Waals surface area contributed by atoms with E-state index in [0.29, 0.717) is 13.2 Å². The number of hydrogen-bond donors (Lipinski definition) is 1. The van der Waals surface area contributed by atoms with Gasteiger partial charge in [0, 0.05) is 29.7 Å². The molecule has 0 spiro atoms. The van der Waals surface area contributed by atoms with Gasteiger partial charge in [-0.05, 0) is 35.4 Å². The first-order valence-corrected chi connectivity index (χ1v) is 9.13. The molecule has 0 unspecified atom stereocenters. The highest BCUT2D eigenvalue weighted by atomic mass is 79.9. The molecule has 0 aliphatic rings. The molecule has 0 aliphatic heterocycles. The molecule has 6 heteroatoms. The van der Waals surface area contributed by atoms with Crippen molar-refractivity contribution >= 4 is 33.5 Å². The summed E-state index contributed by atoms with van der Waals surface area (Å²) >= 11 is 9.45. The lowest BCUT2D eigenvalue weighted by atomic mass is 10.2. The average molecular weight is 421 g/mol. The van der Waals surface area contributed by atoms with Gasteiger partial charge in [0.2, 0.25) is 5.95 Å². The van der Waals surface area contributed by atoms with Crippen molar-refractivity contribution in [3.8, 4) is 11.3 Å². The van der Waals surface area contributed by atoms with Crippen molar-refractivity contribution in [2.75, 3.05) is 19.0 Å². The quantitative estimate of drug-likeness (QED) is 0.569. The van der Waals surface area contributed by atoms with Crippen molar-refractivity contribution in [2.45, 2.75) is 13.1 Å². The van der Waals surface area contributed by atoms with E-state index < -0.39 is 0 Å². The van der Waals surface area contributed by atoms with Gasteiger partial charge in [-0.25, -0.2) is 4.98 Å². The van der Waals surface area contributed by atoms with Crippen LogP contribution in [0.2, 0.25) is 5.02 Å². The molecule has 0 fully saturated rings. The summed E-state index contributed by atoms with van der Waals surface area (Å²) < 4.78 is 8.46. The summed E-state index contributed by atoms with van der Waals surface area (Å²) in [5.74, 6) is 0.824. The fourth-order valence-electron chi connectivity index (χ4n) is 2.56. The van der Waals surface area contributed by atoms with E-state index >= 15 is 0 Å². The van der Waals surface area contributed by atoms with Gasteiger partial charge in [-0.15, -0.1) is 0 Å². The van der Waals surface area contributed by atoms with E-state index in [1.165, 1.54) is 5.56 Å². The van der Waals surface area contributed by atoms with Crippen LogP contribution in [0.4, 0.5) is 5.95 Å². The largest absolute Gasteiger partial charge is 0.383 e. The van der Waals surface area contributed by atoms with Gasteiger partial charge in [0.05, 0.1) is 18.5 Å². The second-order valence-corrected chi connectivity index (χ2v) is 6.95. The number of benzene rings is 2. The zero-order valence-corrected chi connectivity index (χ0v) is 16.2. The molecule has 0 saturated heterocycles. The van der Waals surface area contributed by atoms with E-state index in [9.17, 15) is 0 Å². The molecule has 1 heterocycles. The highest BCUT2D eigenvalue weighted by molar-refractivity contribution is 9.10. The van der Waals surface area contributed by atoms with Crippen molar-refractivity contribution in [3.05, 3.63) is 69.8 Å². The summed E-state index contributed by atoms with van der Waals surface area (Å²) in [7, 11) is 1.70. The molecule has 0 amide bonds. The van der Waals surface area contributed by atoms with Gasteiger partial charge in [-0.3, -0.25) is 0 Å². The maximum absolute atomic E-state index is 6.00. The van der Waals surface area contributed by atoms with Crippen LogP contribution in [0.3, 0.4) is 0 Å². The SMILES string of the molecule is COCCn1c(-c2ccc(Cl)cc2)cnc1NCc1ccc(Br)cc1. The van der Waals surface area contributed by atoms with Crippen molar-refractivity contribution < 1.29 is 4.74 Å². The number of anilines is 1. The Labute approximate surface area is 160 Å². The molecule has 1 aromatic heterocycles. The fourth-order valence-corrected chi connectivity index (χ4v) is 2.95. The van der Waals surface area contributed by atoms with Crippen LogP contribution in [0, 0.1) is 0 Å². The Morgan fingerprint density at radius 2 is 1.84 bits per heavy atom. The lowest BCUT2D eigenvalue weighted by molar-refractivity contribution is 0.188.